The van der Waals surface area contributed by atoms with Gasteiger partial charge in [-0.05, 0) is 42.9 Å². The van der Waals surface area contributed by atoms with Gasteiger partial charge in [0.05, 0.1) is 12.5 Å². The van der Waals surface area contributed by atoms with Crippen LogP contribution in [0.15, 0.2) is 0 Å². The summed E-state index contributed by atoms with van der Waals surface area (Å²) in [6.07, 6.45) is 1.95. The molecule has 2 amide bonds. The molecule has 1 saturated heterocycles. The van der Waals surface area contributed by atoms with Crippen LogP contribution in [0, 0.1) is 17.3 Å². The molecule has 0 bridgehead atoms. The van der Waals surface area contributed by atoms with E-state index in [1.165, 1.54) is 0 Å². The average molecular weight is 475 g/mol. The molecule has 192 valence electrons. The summed E-state index contributed by atoms with van der Waals surface area (Å²) >= 11 is 0. The molecule has 1 aliphatic heterocycles. The molecule has 33 heavy (non-hydrogen) atoms. The maximum absolute atomic E-state index is 13.2. The van der Waals surface area contributed by atoms with Crippen molar-refractivity contribution < 1.29 is 23.2 Å². The highest BCUT2D eigenvalue weighted by atomic mass is 19.3. The molecule has 0 aromatic rings. The van der Waals surface area contributed by atoms with Gasteiger partial charge in [0.25, 0.3) is 0 Å². The molecule has 7 nitrogen and oxygen atoms in total. The van der Waals surface area contributed by atoms with E-state index in [1.54, 1.807) is 4.90 Å². The molecular formula is C24H44F2N4O3. The smallest absolute Gasteiger partial charge is 0.244 e. The van der Waals surface area contributed by atoms with E-state index in [2.05, 4.69) is 24.6 Å². The number of carbonyl (C=O) groups is 2. The van der Waals surface area contributed by atoms with Crippen LogP contribution in [0.1, 0.15) is 86.0 Å². The lowest BCUT2D eigenvalue weighted by Crippen LogP contribution is -2.56. The van der Waals surface area contributed by atoms with Crippen LogP contribution in [0.25, 0.3) is 0 Å². The number of nitrogens with one attached hydrogen (secondary N) is 2. The predicted octanol–water partition coefficient (Wildman–Crippen LogP) is 3.57. The molecular weight excluding hydrogens is 430 g/mol. The number of halogens is 2. The van der Waals surface area contributed by atoms with Gasteiger partial charge in [0.15, 0.2) is 6.23 Å². The van der Waals surface area contributed by atoms with Gasteiger partial charge in [-0.2, -0.15) is 5.48 Å². The van der Waals surface area contributed by atoms with Crippen molar-refractivity contribution in [1.29, 1.82) is 0 Å². The largest absolute Gasteiger partial charge is 0.329 e. The summed E-state index contributed by atoms with van der Waals surface area (Å²) < 4.78 is 26.3. The molecule has 4 atom stereocenters. The highest BCUT2D eigenvalue weighted by Crippen LogP contribution is 2.31. The topological polar surface area (TPSA) is 96.7 Å². The number of likely N-dealkylation sites (tertiary alicyclic amines) is 1. The first-order chi connectivity index (χ1) is 15.4. The lowest BCUT2D eigenvalue weighted by Gasteiger charge is -2.33. The van der Waals surface area contributed by atoms with Crippen molar-refractivity contribution in [2.45, 2.75) is 117 Å². The van der Waals surface area contributed by atoms with Gasteiger partial charge in [0.2, 0.25) is 18.2 Å². The second-order valence-corrected chi connectivity index (χ2v) is 11.3. The first kappa shape index (κ1) is 27.9. The van der Waals surface area contributed by atoms with Gasteiger partial charge >= 0.3 is 0 Å². The monoisotopic (exact) mass is 474 g/mol. The van der Waals surface area contributed by atoms with Crippen LogP contribution >= 0.6 is 0 Å². The minimum atomic E-state index is -2.63. The van der Waals surface area contributed by atoms with E-state index in [4.69, 9.17) is 10.6 Å². The quantitative estimate of drug-likeness (QED) is 0.314. The van der Waals surface area contributed by atoms with Crippen LogP contribution in [0.2, 0.25) is 0 Å². The molecule has 0 aromatic heterocycles. The van der Waals surface area contributed by atoms with E-state index in [9.17, 15) is 18.4 Å². The fourth-order valence-corrected chi connectivity index (χ4v) is 4.52. The molecule has 2 aliphatic rings. The fraction of sp³-hybridized carbons (Fsp3) is 0.917. The van der Waals surface area contributed by atoms with Gasteiger partial charge in [-0.15, -0.1) is 0 Å². The number of rotatable bonds is 11. The number of nitrogens with zero attached hydrogens (tertiary/aromatic N) is 1. The van der Waals surface area contributed by atoms with Gasteiger partial charge in [-0.3, -0.25) is 14.4 Å². The van der Waals surface area contributed by atoms with Crippen molar-refractivity contribution in [2.24, 2.45) is 23.0 Å². The maximum Gasteiger partial charge on any atom is 0.244 e. The van der Waals surface area contributed by atoms with Crippen molar-refractivity contribution in [2.75, 3.05) is 6.54 Å². The average Bonchev–Trinajstić information content (AvgIpc) is 3.38. The van der Waals surface area contributed by atoms with Crippen molar-refractivity contribution in [3.05, 3.63) is 0 Å². The van der Waals surface area contributed by atoms with E-state index < -0.39 is 42.5 Å². The number of nitrogens with two attached hydrogens (primary N) is 1. The van der Waals surface area contributed by atoms with E-state index in [-0.39, 0.29) is 17.9 Å². The summed E-state index contributed by atoms with van der Waals surface area (Å²) in [6.45, 7) is 10.4. The Kier molecular flexibility index (Phi) is 10.5. The van der Waals surface area contributed by atoms with Crippen LogP contribution in [0.3, 0.4) is 0 Å². The Bertz CT molecular complexity index is 636. The van der Waals surface area contributed by atoms with E-state index in [0.29, 0.717) is 18.9 Å². The standard InChI is InChI=1S/C24H44F2N4O3/c1-15(2)10-11-16-12-18(30(14-16)23(32)21(27)24(3,4)5)22(31)28-20(13-19(25)26)33-29-17-8-6-7-9-17/h15-21,29H,6-14,27H2,1-5H3,(H,28,31)/t16?,18-,20+,21+/m0/s1. The lowest BCUT2D eigenvalue weighted by atomic mass is 9.86. The normalized spacial score (nSPS) is 24.0. The summed E-state index contributed by atoms with van der Waals surface area (Å²) in [4.78, 5) is 33.5. The summed E-state index contributed by atoms with van der Waals surface area (Å²) in [6, 6.07) is -1.39. The van der Waals surface area contributed by atoms with Crippen molar-refractivity contribution in [1.82, 2.24) is 15.7 Å². The molecule has 1 saturated carbocycles. The number of hydrogen-bond acceptors (Lipinski definition) is 5. The zero-order chi connectivity index (χ0) is 24.8. The van der Waals surface area contributed by atoms with E-state index in [0.717, 1.165) is 38.5 Å². The number of hydrogen-bond donors (Lipinski definition) is 3. The Morgan fingerprint density at radius 2 is 1.82 bits per heavy atom. The van der Waals surface area contributed by atoms with Crippen LogP contribution in [-0.4, -0.2) is 54.0 Å². The second-order valence-electron chi connectivity index (χ2n) is 11.3. The molecule has 1 unspecified atom stereocenters. The van der Waals surface area contributed by atoms with Crippen molar-refractivity contribution >= 4 is 11.8 Å². The third-order valence-corrected chi connectivity index (χ3v) is 6.75. The summed E-state index contributed by atoms with van der Waals surface area (Å²) in [5.74, 6) is -0.0461. The SMILES string of the molecule is CC(C)CCC1C[C@@H](C(=O)N[C@@H](CC(F)F)ONC2CCCC2)N(C(=O)[C@@H](N)C(C)(C)C)C1. The molecule has 1 heterocycles. The lowest BCUT2D eigenvalue weighted by molar-refractivity contribution is -0.145. The second kappa shape index (κ2) is 12.4. The van der Waals surface area contributed by atoms with Crippen LogP contribution in [0.5, 0.6) is 0 Å². The van der Waals surface area contributed by atoms with Gasteiger partial charge in [0, 0.05) is 12.6 Å². The van der Waals surface area contributed by atoms with Crippen LogP contribution < -0.4 is 16.5 Å². The Morgan fingerprint density at radius 1 is 1.18 bits per heavy atom. The molecule has 2 rings (SSSR count). The third kappa shape index (κ3) is 8.76. The molecule has 1 aliphatic carbocycles. The molecule has 0 aromatic carbocycles. The zero-order valence-electron chi connectivity index (χ0n) is 20.9. The van der Waals surface area contributed by atoms with Crippen LogP contribution in [0.4, 0.5) is 8.78 Å². The highest BCUT2D eigenvalue weighted by molar-refractivity contribution is 5.90. The van der Waals surface area contributed by atoms with Crippen molar-refractivity contribution in [3.8, 4) is 0 Å². The summed E-state index contributed by atoms with van der Waals surface area (Å²) in [5, 5.41) is 2.62. The minimum Gasteiger partial charge on any atom is -0.329 e. The van der Waals surface area contributed by atoms with Gasteiger partial charge in [0.1, 0.15) is 6.04 Å². The number of alkyl halides is 2. The third-order valence-electron chi connectivity index (χ3n) is 6.75. The summed E-state index contributed by atoms with van der Waals surface area (Å²) in [5.41, 5.74) is 8.62. The molecule has 0 radical (unpaired) electrons. The zero-order valence-corrected chi connectivity index (χ0v) is 20.9. The van der Waals surface area contributed by atoms with Gasteiger partial charge < -0.3 is 16.0 Å². The summed E-state index contributed by atoms with van der Waals surface area (Å²) in [7, 11) is 0. The number of amides is 2. The maximum atomic E-state index is 13.2. The molecule has 2 fully saturated rings. The van der Waals surface area contributed by atoms with Gasteiger partial charge in [-0.25, -0.2) is 8.78 Å². The fourth-order valence-electron chi connectivity index (χ4n) is 4.52. The Labute approximate surface area is 197 Å². The highest BCUT2D eigenvalue weighted by Gasteiger charge is 2.43. The minimum absolute atomic E-state index is 0.108. The Balaban J connectivity index is 2.10. The first-order valence-electron chi connectivity index (χ1n) is 12.4. The Hall–Kier alpha value is -1.32. The van der Waals surface area contributed by atoms with Crippen molar-refractivity contribution in [3.63, 3.8) is 0 Å². The molecule has 0 spiro atoms. The molecule has 4 N–H and O–H groups in total. The Morgan fingerprint density at radius 3 is 2.36 bits per heavy atom. The number of carbonyl (C=O) groups excluding carboxylic acids is 2. The van der Waals surface area contributed by atoms with Gasteiger partial charge in [-0.1, -0.05) is 53.9 Å². The molecule has 9 heteroatoms. The first-order valence-corrected chi connectivity index (χ1v) is 12.4. The van der Waals surface area contributed by atoms with E-state index in [1.807, 2.05) is 20.8 Å². The van der Waals surface area contributed by atoms with Crippen LogP contribution in [-0.2, 0) is 14.4 Å². The number of hydroxylamine groups is 1. The predicted molar refractivity (Wildman–Crippen MR) is 124 cm³/mol. The van der Waals surface area contributed by atoms with E-state index >= 15 is 0 Å².